The van der Waals surface area contributed by atoms with Gasteiger partial charge in [0.15, 0.2) is 0 Å². The number of hydrogen-bond acceptors (Lipinski definition) is 2. The lowest BCUT2D eigenvalue weighted by molar-refractivity contribution is -0.0521. The van der Waals surface area contributed by atoms with Crippen LogP contribution < -0.4 is 0 Å². The first-order valence-corrected chi connectivity index (χ1v) is 5.58. The summed E-state index contributed by atoms with van der Waals surface area (Å²) in [7, 11) is 0. The van der Waals surface area contributed by atoms with Gasteiger partial charge in [-0.25, -0.2) is 0 Å². The van der Waals surface area contributed by atoms with E-state index >= 15 is 0 Å². The van der Waals surface area contributed by atoms with Crippen molar-refractivity contribution in [2.75, 3.05) is 18.5 Å². The molecule has 1 unspecified atom stereocenters. The molecular weight excluding hydrogens is 220 g/mol. The van der Waals surface area contributed by atoms with Crippen molar-refractivity contribution >= 4 is 15.9 Å². The Morgan fingerprint density at radius 3 is 2.83 bits per heavy atom. The summed E-state index contributed by atoms with van der Waals surface area (Å²) >= 11 is 3.41. The Balaban J connectivity index is 2.15. The third kappa shape index (κ3) is 3.42. The summed E-state index contributed by atoms with van der Waals surface area (Å²) in [6.45, 7) is 5.80. The molecule has 0 aromatic carbocycles. The molecule has 0 saturated carbocycles. The highest BCUT2D eigenvalue weighted by Gasteiger charge is 2.21. The fourth-order valence-electron chi connectivity index (χ4n) is 1.13. The number of rotatable bonds is 4. The van der Waals surface area contributed by atoms with Crippen molar-refractivity contribution in [2.45, 2.75) is 38.4 Å². The maximum absolute atomic E-state index is 5.69. The Morgan fingerprint density at radius 2 is 2.33 bits per heavy atom. The first kappa shape index (κ1) is 10.5. The molecule has 72 valence electrons. The average molecular weight is 237 g/mol. The Kier molecular flexibility index (Phi) is 4.00. The van der Waals surface area contributed by atoms with Crippen molar-refractivity contribution in [3.05, 3.63) is 0 Å². The van der Waals surface area contributed by atoms with Gasteiger partial charge in [-0.3, -0.25) is 0 Å². The lowest BCUT2D eigenvalue weighted by Gasteiger charge is -2.24. The van der Waals surface area contributed by atoms with Crippen molar-refractivity contribution in [3.8, 4) is 0 Å². The van der Waals surface area contributed by atoms with Gasteiger partial charge in [0, 0.05) is 11.9 Å². The number of ether oxygens (including phenoxy) is 2. The van der Waals surface area contributed by atoms with Crippen LogP contribution in [0.25, 0.3) is 0 Å². The molecule has 1 rings (SSSR count). The van der Waals surface area contributed by atoms with Crippen molar-refractivity contribution in [1.29, 1.82) is 0 Å². The van der Waals surface area contributed by atoms with Crippen molar-refractivity contribution < 1.29 is 9.47 Å². The lowest BCUT2D eigenvalue weighted by Crippen LogP contribution is -2.30. The molecule has 0 aliphatic carbocycles. The fraction of sp³-hybridized carbons (Fsp3) is 1.00. The van der Waals surface area contributed by atoms with E-state index in [4.69, 9.17) is 9.47 Å². The van der Waals surface area contributed by atoms with Gasteiger partial charge in [0.2, 0.25) is 0 Å². The predicted octanol–water partition coefficient (Wildman–Crippen LogP) is 2.36. The Labute approximate surface area is 82.7 Å². The average Bonchev–Trinajstić information content (AvgIpc) is 2.53. The molecule has 1 heterocycles. The monoisotopic (exact) mass is 236 g/mol. The van der Waals surface area contributed by atoms with Crippen LogP contribution in [0.4, 0.5) is 0 Å². The molecule has 0 radical (unpaired) electrons. The molecule has 1 saturated heterocycles. The van der Waals surface area contributed by atoms with Crippen molar-refractivity contribution in [3.63, 3.8) is 0 Å². The van der Waals surface area contributed by atoms with E-state index in [1.807, 2.05) is 0 Å². The van der Waals surface area contributed by atoms with Crippen LogP contribution in [-0.2, 0) is 9.47 Å². The highest BCUT2D eigenvalue weighted by molar-refractivity contribution is 9.09. The molecular formula is C9H17BrO2. The van der Waals surface area contributed by atoms with Gasteiger partial charge in [-0.1, -0.05) is 15.9 Å². The normalized spacial score (nSPS) is 24.8. The SMILES string of the molecule is CC(C)(CBr)OCC1CCCO1. The topological polar surface area (TPSA) is 18.5 Å². The minimum absolute atomic E-state index is 0.0635. The first-order chi connectivity index (χ1) is 5.64. The highest BCUT2D eigenvalue weighted by atomic mass is 79.9. The third-order valence-electron chi connectivity index (χ3n) is 2.01. The Hall–Kier alpha value is 0.400. The van der Waals surface area contributed by atoms with Gasteiger partial charge in [-0.2, -0.15) is 0 Å². The van der Waals surface area contributed by atoms with E-state index in [1.54, 1.807) is 0 Å². The molecule has 0 amide bonds. The smallest absolute Gasteiger partial charge is 0.0809 e. The van der Waals surface area contributed by atoms with Gasteiger partial charge in [0.1, 0.15) is 0 Å². The molecule has 0 aromatic heterocycles. The molecule has 0 N–H and O–H groups in total. The second-order valence-corrected chi connectivity index (χ2v) is 4.40. The predicted molar refractivity (Wildman–Crippen MR) is 52.8 cm³/mol. The molecule has 1 aliphatic heterocycles. The zero-order valence-electron chi connectivity index (χ0n) is 7.81. The van der Waals surface area contributed by atoms with E-state index in [-0.39, 0.29) is 5.60 Å². The zero-order chi connectivity index (χ0) is 9.03. The van der Waals surface area contributed by atoms with Gasteiger partial charge in [0.25, 0.3) is 0 Å². The van der Waals surface area contributed by atoms with E-state index in [2.05, 4.69) is 29.8 Å². The molecule has 12 heavy (non-hydrogen) atoms. The van der Waals surface area contributed by atoms with Crippen LogP contribution in [0.3, 0.4) is 0 Å². The van der Waals surface area contributed by atoms with Crippen molar-refractivity contribution in [1.82, 2.24) is 0 Å². The minimum atomic E-state index is -0.0635. The van der Waals surface area contributed by atoms with E-state index in [9.17, 15) is 0 Å². The van der Waals surface area contributed by atoms with Crippen LogP contribution in [0, 0.1) is 0 Å². The quantitative estimate of drug-likeness (QED) is 0.699. The molecule has 1 atom stereocenters. The van der Waals surface area contributed by atoms with Crippen LogP contribution in [0.15, 0.2) is 0 Å². The molecule has 0 spiro atoms. The van der Waals surface area contributed by atoms with E-state index in [0.29, 0.717) is 6.10 Å². The lowest BCUT2D eigenvalue weighted by atomic mass is 10.2. The number of halogens is 1. The number of hydrogen-bond donors (Lipinski definition) is 0. The summed E-state index contributed by atoms with van der Waals surface area (Å²) in [4.78, 5) is 0. The summed E-state index contributed by atoms with van der Waals surface area (Å²) in [5, 5.41) is 0.868. The van der Waals surface area contributed by atoms with Gasteiger partial charge >= 0.3 is 0 Å². The standard InChI is InChI=1S/C9H17BrO2/c1-9(2,7-10)12-6-8-4-3-5-11-8/h8H,3-7H2,1-2H3. The first-order valence-electron chi connectivity index (χ1n) is 4.45. The molecule has 1 fully saturated rings. The van der Waals surface area contributed by atoms with Crippen LogP contribution in [0.2, 0.25) is 0 Å². The summed E-state index contributed by atoms with van der Waals surface area (Å²) < 4.78 is 11.1. The van der Waals surface area contributed by atoms with Crippen LogP contribution in [0.5, 0.6) is 0 Å². The second kappa shape index (κ2) is 4.58. The van der Waals surface area contributed by atoms with Gasteiger partial charge in [0.05, 0.1) is 18.3 Å². The van der Waals surface area contributed by atoms with E-state index in [1.165, 1.54) is 6.42 Å². The maximum atomic E-state index is 5.69. The van der Waals surface area contributed by atoms with Crippen LogP contribution >= 0.6 is 15.9 Å². The zero-order valence-corrected chi connectivity index (χ0v) is 9.39. The molecule has 1 aliphatic rings. The number of alkyl halides is 1. The van der Waals surface area contributed by atoms with Gasteiger partial charge < -0.3 is 9.47 Å². The fourth-order valence-corrected chi connectivity index (χ4v) is 1.29. The van der Waals surface area contributed by atoms with Crippen molar-refractivity contribution in [2.24, 2.45) is 0 Å². The summed E-state index contributed by atoms with van der Waals surface area (Å²) in [5.41, 5.74) is -0.0635. The third-order valence-corrected chi connectivity index (χ3v) is 3.36. The molecule has 0 aromatic rings. The van der Waals surface area contributed by atoms with Crippen LogP contribution in [-0.4, -0.2) is 30.2 Å². The van der Waals surface area contributed by atoms with Crippen LogP contribution in [0.1, 0.15) is 26.7 Å². The Morgan fingerprint density at radius 1 is 1.58 bits per heavy atom. The summed E-state index contributed by atoms with van der Waals surface area (Å²) in [6.07, 6.45) is 2.67. The summed E-state index contributed by atoms with van der Waals surface area (Å²) in [5.74, 6) is 0. The van der Waals surface area contributed by atoms with E-state index < -0.39 is 0 Å². The Bertz CT molecular complexity index is 130. The highest BCUT2D eigenvalue weighted by Crippen LogP contribution is 2.17. The minimum Gasteiger partial charge on any atom is -0.376 e. The van der Waals surface area contributed by atoms with E-state index in [0.717, 1.165) is 25.0 Å². The largest absolute Gasteiger partial charge is 0.376 e. The molecule has 2 nitrogen and oxygen atoms in total. The van der Waals surface area contributed by atoms with Gasteiger partial charge in [-0.05, 0) is 26.7 Å². The second-order valence-electron chi connectivity index (χ2n) is 3.84. The maximum Gasteiger partial charge on any atom is 0.0809 e. The van der Waals surface area contributed by atoms with Gasteiger partial charge in [-0.15, -0.1) is 0 Å². The molecule has 3 heteroatoms. The summed E-state index contributed by atoms with van der Waals surface area (Å²) in [6, 6.07) is 0. The molecule has 0 bridgehead atoms.